The van der Waals surface area contributed by atoms with E-state index >= 15 is 0 Å². The zero-order valence-electron chi connectivity index (χ0n) is 8.11. The molecule has 0 atom stereocenters. The van der Waals surface area contributed by atoms with Gasteiger partial charge in [-0.1, -0.05) is 27.5 Å². The molecule has 0 heterocycles. The average Bonchev–Trinajstić information content (AvgIpc) is 2.92. The van der Waals surface area contributed by atoms with Gasteiger partial charge < -0.3 is 5.73 Å². The lowest BCUT2D eigenvalue weighted by Gasteiger charge is -2.17. The largest absolute Gasteiger partial charge is 0.330 e. The number of nitrogens with two attached hydrogens (primary N) is 1. The molecule has 1 aliphatic carbocycles. The Kier molecular flexibility index (Phi) is 2.63. The van der Waals surface area contributed by atoms with Crippen LogP contribution in [-0.4, -0.2) is 6.54 Å². The highest BCUT2D eigenvalue weighted by molar-refractivity contribution is 9.10. The molecule has 2 N–H and O–H groups in total. The van der Waals surface area contributed by atoms with Crippen LogP contribution in [0.1, 0.15) is 24.0 Å². The van der Waals surface area contributed by atoms with Gasteiger partial charge in [-0.25, -0.2) is 0 Å². The predicted octanol–water partition coefficient (Wildman–Crippen LogP) is 3.40. The van der Waals surface area contributed by atoms with Crippen molar-refractivity contribution in [2.45, 2.75) is 25.2 Å². The summed E-state index contributed by atoms with van der Waals surface area (Å²) in [5.74, 6) is 0. The summed E-state index contributed by atoms with van der Waals surface area (Å²) in [6.07, 6.45) is 2.38. The van der Waals surface area contributed by atoms with Gasteiger partial charge in [-0.15, -0.1) is 0 Å². The van der Waals surface area contributed by atoms with Crippen LogP contribution in [0.4, 0.5) is 0 Å². The minimum Gasteiger partial charge on any atom is -0.330 e. The molecule has 76 valence electrons. The van der Waals surface area contributed by atoms with Gasteiger partial charge in [0.05, 0.1) is 0 Å². The summed E-state index contributed by atoms with van der Waals surface area (Å²) in [6.45, 7) is 2.79. The van der Waals surface area contributed by atoms with E-state index in [0.717, 1.165) is 16.0 Å². The van der Waals surface area contributed by atoms with Crippen molar-refractivity contribution in [1.29, 1.82) is 0 Å². The van der Waals surface area contributed by atoms with E-state index in [4.69, 9.17) is 17.3 Å². The second kappa shape index (κ2) is 3.51. The van der Waals surface area contributed by atoms with Crippen LogP contribution < -0.4 is 5.73 Å². The van der Waals surface area contributed by atoms with Gasteiger partial charge in [-0.2, -0.15) is 0 Å². The third-order valence-electron chi connectivity index (χ3n) is 3.12. The van der Waals surface area contributed by atoms with Gasteiger partial charge in [0.15, 0.2) is 0 Å². The van der Waals surface area contributed by atoms with E-state index in [1.54, 1.807) is 0 Å². The summed E-state index contributed by atoms with van der Waals surface area (Å²) < 4.78 is 1.04. The van der Waals surface area contributed by atoms with Crippen LogP contribution in [0.5, 0.6) is 0 Å². The van der Waals surface area contributed by atoms with Crippen molar-refractivity contribution in [3.8, 4) is 0 Å². The fourth-order valence-corrected chi connectivity index (χ4v) is 2.74. The molecule has 1 aromatic carbocycles. The normalized spacial score (nSPS) is 18.3. The number of halogens is 2. The molecule has 0 spiro atoms. The van der Waals surface area contributed by atoms with Crippen LogP contribution in [0.15, 0.2) is 16.6 Å². The van der Waals surface area contributed by atoms with Crippen molar-refractivity contribution in [3.63, 3.8) is 0 Å². The molecule has 0 bridgehead atoms. The fraction of sp³-hybridized carbons (Fsp3) is 0.455. The molecule has 3 heteroatoms. The molecule has 0 aliphatic heterocycles. The smallest absolute Gasteiger partial charge is 0.0449 e. The summed E-state index contributed by atoms with van der Waals surface area (Å²) in [5.41, 5.74) is 8.53. The maximum absolute atomic E-state index is 6.14. The van der Waals surface area contributed by atoms with Gasteiger partial charge in [0, 0.05) is 21.5 Å². The van der Waals surface area contributed by atoms with Gasteiger partial charge in [-0.05, 0) is 43.0 Å². The second-order valence-electron chi connectivity index (χ2n) is 4.04. The molecule has 1 aromatic rings. The molecular weight excluding hydrogens is 261 g/mol. The monoisotopic (exact) mass is 273 g/mol. The molecule has 2 rings (SSSR count). The van der Waals surface area contributed by atoms with E-state index in [1.807, 2.05) is 6.07 Å². The first kappa shape index (κ1) is 10.5. The van der Waals surface area contributed by atoms with E-state index in [1.165, 1.54) is 24.0 Å². The summed E-state index contributed by atoms with van der Waals surface area (Å²) in [4.78, 5) is 0. The molecule has 1 nitrogen and oxygen atoms in total. The van der Waals surface area contributed by atoms with E-state index in [-0.39, 0.29) is 5.41 Å². The lowest BCUT2D eigenvalue weighted by atomic mass is 9.92. The van der Waals surface area contributed by atoms with Gasteiger partial charge in [0.2, 0.25) is 0 Å². The molecule has 0 saturated heterocycles. The van der Waals surface area contributed by atoms with E-state index in [9.17, 15) is 0 Å². The summed E-state index contributed by atoms with van der Waals surface area (Å²) in [6, 6.07) is 4.09. The zero-order chi connectivity index (χ0) is 10.3. The zero-order valence-corrected chi connectivity index (χ0v) is 10.5. The summed E-state index contributed by atoms with van der Waals surface area (Å²) in [5, 5.41) is 0.828. The first-order valence-corrected chi connectivity index (χ1v) is 5.92. The fourth-order valence-electron chi connectivity index (χ4n) is 1.93. The Morgan fingerprint density at radius 1 is 1.50 bits per heavy atom. The maximum atomic E-state index is 6.14. The Bertz CT molecular complexity index is 372. The predicted molar refractivity (Wildman–Crippen MR) is 63.9 cm³/mol. The Hall–Kier alpha value is -0.0500. The van der Waals surface area contributed by atoms with Crippen molar-refractivity contribution in [3.05, 3.63) is 32.8 Å². The number of rotatable bonds is 2. The lowest BCUT2D eigenvalue weighted by molar-refractivity contribution is 0.699. The summed E-state index contributed by atoms with van der Waals surface area (Å²) >= 11 is 9.61. The molecular formula is C11H13BrClN. The van der Waals surface area contributed by atoms with Crippen LogP contribution in [0, 0.1) is 6.92 Å². The molecule has 0 amide bonds. The van der Waals surface area contributed by atoms with Gasteiger partial charge >= 0.3 is 0 Å². The molecule has 14 heavy (non-hydrogen) atoms. The van der Waals surface area contributed by atoms with Gasteiger partial charge in [0.25, 0.3) is 0 Å². The van der Waals surface area contributed by atoms with Crippen molar-refractivity contribution in [2.24, 2.45) is 5.73 Å². The topological polar surface area (TPSA) is 26.0 Å². The standard InChI is InChI=1S/C11H13BrClN/c1-7-9(11(6-14)2-3-11)4-8(12)5-10(7)13/h4-5H,2-3,6,14H2,1H3. The Morgan fingerprint density at radius 3 is 2.64 bits per heavy atom. The van der Waals surface area contributed by atoms with Crippen molar-refractivity contribution >= 4 is 27.5 Å². The molecule has 1 saturated carbocycles. The van der Waals surface area contributed by atoms with Crippen LogP contribution >= 0.6 is 27.5 Å². The average molecular weight is 275 g/mol. The first-order chi connectivity index (χ1) is 6.59. The SMILES string of the molecule is Cc1c(Cl)cc(Br)cc1C1(CN)CC1. The third kappa shape index (κ3) is 1.60. The van der Waals surface area contributed by atoms with Crippen LogP contribution in [0.25, 0.3) is 0 Å². The van der Waals surface area contributed by atoms with Crippen LogP contribution in [0.3, 0.4) is 0 Å². The number of hydrogen-bond donors (Lipinski definition) is 1. The maximum Gasteiger partial charge on any atom is 0.0449 e. The summed E-state index contributed by atoms with van der Waals surface area (Å²) in [7, 11) is 0. The minimum absolute atomic E-state index is 0.220. The quantitative estimate of drug-likeness (QED) is 0.879. The molecule has 0 unspecified atom stereocenters. The van der Waals surface area contributed by atoms with E-state index in [0.29, 0.717) is 0 Å². The number of benzene rings is 1. The highest BCUT2D eigenvalue weighted by atomic mass is 79.9. The molecule has 1 fully saturated rings. The highest BCUT2D eigenvalue weighted by Gasteiger charge is 2.44. The minimum atomic E-state index is 0.220. The van der Waals surface area contributed by atoms with Gasteiger partial charge in [0.1, 0.15) is 0 Å². The van der Waals surface area contributed by atoms with Crippen molar-refractivity contribution in [1.82, 2.24) is 0 Å². The van der Waals surface area contributed by atoms with Gasteiger partial charge in [-0.3, -0.25) is 0 Å². The van der Waals surface area contributed by atoms with Crippen LogP contribution in [-0.2, 0) is 5.41 Å². The van der Waals surface area contributed by atoms with Crippen molar-refractivity contribution < 1.29 is 0 Å². The molecule has 0 radical (unpaired) electrons. The lowest BCUT2D eigenvalue weighted by Crippen LogP contribution is -2.20. The Morgan fingerprint density at radius 2 is 2.14 bits per heavy atom. The molecule has 0 aromatic heterocycles. The first-order valence-electron chi connectivity index (χ1n) is 4.75. The second-order valence-corrected chi connectivity index (χ2v) is 5.37. The van der Waals surface area contributed by atoms with Crippen molar-refractivity contribution in [2.75, 3.05) is 6.54 Å². The third-order valence-corrected chi connectivity index (χ3v) is 3.98. The number of hydrogen-bond acceptors (Lipinski definition) is 1. The Labute approximate surface area is 97.8 Å². The molecule has 1 aliphatic rings. The van der Waals surface area contributed by atoms with Crippen LogP contribution in [0.2, 0.25) is 5.02 Å². The Balaban J connectivity index is 2.52. The van der Waals surface area contributed by atoms with E-state index < -0.39 is 0 Å². The highest BCUT2D eigenvalue weighted by Crippen LogP contribution is 2.49. The van der Waals surface area contributed by atoms with E-state index in [2.05, 4.69) is 28.9 Å².